The molecule has 1 aromatic carbocycles. The van der Waals surface area contributed by atoms with E-state index in [4.69, 9.17) is 4.74 Å². The Labute approximate surface area is 163 Å². The number of likely N-dealkylation sites (tertiary alicyclic amines) is 1. The molecule has 3 aliphatic rings. The number of carbonyl (C=O) groups is 1. The van der Waals surface area contributed by atoms with Crippen molar-refractivity contribution in [3.63, 3.8) is 0 Å². The van der Waals surface area contributed by atoms with Crippen LogP contribution in [-0.2, 0) is 11.3 Å². The van der Waals surface area contributed by atoms with Crippen LogP contribution in [0.5, 0.6) is 0 Å². The van der Waals surface area contributed by atoms with Crippen molar-refractivity contribution in [2.75, 3.05) is 19.6 Å². The zero-order chi connectivity index (χ0) is 19.1. The molecule has 0 unspecified atom stereocenters. The molecular formula is C22H24FN3O2. The summed E-state index contributed by atoms with van der Waals surface area (Å²) in [5.41, 5.74) is 1.04. The number of fused-ring (bicyclic) bond motifs is 1. The van der Waals surface area contributed by atoms with Crippen molar-refractivity contribution in [1.29, 1.82) is 0 Å². The average Bonchev–Trinajstić information content (AvgIpc) is 3.37. The van der Waals surface area contributed by atoms with E-state index < -0.39 is 0 Å². The molecule has 4 heterocycles. The first-order valence-electron chi connectivity index (χ1n) is 9.97. The van der Waals surface area contributed by atoms with Gasteiger partial charge in [-0.15, -0.1) is 0 Å². The predicted molar refractivity (Wildman–Crippen MR) is 102 cm³/mol. The largest absolute Gasteiger partial charge is 0.370 e. The number of hydrogen-bond donors (Lipinski definition) is 1. The summed E-state index contributed by atoms with van der Waals surface area (Å²) in [6.07, 6.45) is 3.93. The molecule has 4 atom stereocenters. The van der Waals surface area contributed by atoms with Crippen LogP contribution in [0.15, 0.2) is 48.7 Å². The zero-order valence-corrected chi connectivity index (χ0v) is 15.7. The number of nitrogens with zero attached hydrogens (tertiary/aromatic N) is 2. The van der Waals surface area contributed by atoms with Crippen LogP contribution in [0.3, 0.4) is 0 Å². The highest BCUT2D eigenvalue weighted by atomic mass is 19.1. The summed E-state index contributed by atoms with van der Waals surface area (Å²) in [7, 11) is 0. The molecule has 2 bridgehead atoms. The number of nitrogens with one attached hydrogen (secondary N) is 1. The predicted octanol–water partition coefficient (Wildman–Crippen LogP) is 2.63. The van der Waals surface area contributed by atoms with E-state index in [1.807, 2.05) is 18.2 Å². The highest BCUT2D eigenvalue weighted by Gasteiger charge is 2.62. The number of amides is 1. The monoisotopic (exact) mass is 381 g/mol. The second-order valence-corrected chi connectivity index (χ2v) is 8.22. The third kappa shape index (κ3) is 3.01. The number of hydrogen-bond acceptors (Lipinski definition) is 4. The Balaban J connectivity index is 1.26. The zero-order valence-electron chi connectivity index (χ0n) is 15.7. The van der Waals surface area contributed by atoms with E-state index in [9.17, 15) is 9.18 Å². The van der Waals surface area contributed by atoms with Crippen molar-refractivity contribution in [2.24, 2.45) is 11.8 Å². The molecule has 2 aromatic rings. The molecule has 1 N–H and O–H groups in total. The molecule has 3 aliphatic heterocycles. The van der Waals surface area contributed by atoms with Gasteiger partial charge in [0, 0.05) is 49.8 Å². The molecule has 28 heavy (non-hydrogen) atoms. The highest BCUT2D eigenvalue weighted by molar-refractivity contribution is 5.92. The molecular weight excluding hydrogens is 357 g/mol. The normalized spacial score (nSPS) is 31.1. The molecule has 0 aliphatic carbocycles. The molecule has 3 fully saturated rings. The average molecular weight is 381 g/mol. The summed E-state index contributed by atoms with van der Waals surface area (Å²) >= 11 is 0. The van der Waals surface area contributed by atoms with Gasteiger partial charge in [-0.25, -0.2) is 4.39 Å². The summed E-state index contributed by atoms with van der Waals surface area (Å²) in [5, 5.41) is 3.05. The summed E-state index contributed by atoms with van der Waals surface area (Å²) in [4.78, 5) is 18.8. The Morgan fingerprint density at radius 2 is 2.14 bits per heavy atom. The van der Waals surface area contributed by atoms with E-state index in [2.05, 4.69) is 15.2 Å². The number of carbonyl (C=O) groups excluding carboxylic acids is 1. The third-order valence-corrected chi connectivity index (χ3v) is 6.60. The van der Waals surface area contributed by atoms with Gasteiger partial charge in [-0.05, 0) is 31.0 Å². The fourth-order valence-corrected chi connectivity index (χ4v) is 5.35. The van der Waals surface area contributed by atoms with E-state index in [-0.39, 0.29) is 23.4 Å². The minimum absolute atomic E-state index is 0.129. The molecule has 0 radical (unpaired) electrons. The van der Waals surface area contributed by atoms with E-state index in [1.165, 1.54) is 6.07 Å². The first kappa shape index (κ1) is 17.8. The fourth-order valence-electron chi connectivity index (χ4n) is 5.35. The molecule has 5 nitrogen and oxygen atoms in total. The number of halogens is 1. The van der Waals surface area contributed by atoms with Crippen molar-refractivity contribution in [3.8, 4) is 0 Å². The maximum absolute atomic E-state index is 14.1. The van der Waals surface area contributed by atoms with Crippen molar-refractivity contribution < 1.29 is 13.9 Å². The van der Waals surface area contributed by atoms with E-state index >= 15 is 0 Å². The molecule has 0 saturated carbocycles. The molecule has 3 saturated heterocycles. The summed E-state index contributed by atoms with van der Waals surface area (Å²) in [6.45, 7) is 2.92. The number of rotatable bonds is 5. The lowest BCUT2D eigenvalue weighted by Gasteiger charge is -2.29. The molecule has 5 rings (SSSR count). The number of pyridine rings is 1. The van der Waals surface area contributed by atoms with Gasteiger partial charge in [-0.1, -0.05) is 24.3 Å². The minimum atomic E-state index is -0.151. The number of aromatic nitrogens is 1. The van der Waals surface area contributed by atoms with Crippen LogP contribution in [-0.4, -0.2) is 47.1 Å². The Bertz CT molecular complexity index is 877. The van der Waals surface area contributed by atoms with Gasteiger partial charge in [0.25, 0.3) is 5.91 Å². The minimum Gasteiger partial charge on any atom is -0.370 e. The SMILES string of the molecule is O=C(NC[C@H]1[C@H]2CN(Cc3ccccc3F)C[C@]23CC[C@H]1O3)c1ccccn1. The van der Waals surface area contributed by atoms with Gasteiger partial charge >= 0.3 is 0 Å². The van der Waals surface area contributed by atoms with Crippen molar-refractivity contribution in [2.45, 2.75) is 31.1 Å². The van der Waals surface area contributed by atoms with Crippen LogP contribution < -0.4 is 5.32 Å². The highest BCUT2D eigenvalue weighted by Crippen LogP contribution is 2.54. The summed E-state index contributed by atoms with van der Waals surface area (Å²) in [6, 6.07) is 12.3. The van der Waals surface area contributed by atoms with Crippen molar-refractivity contribution in [3.05, 3.63) is 65.7 Å². The smallest absolute Gasteiger partial charge is 0.269 e. The van der Waals surface area contributed by atoms with Gasteiger partial charge in [-0.2, -0.15) is 0 Å². The van der Waals surface area contributed by atoms with Crippen LogP contribution in [0.25, 0.3) is 0 Å². The lowest BCUT2D eigenvalue weighted by Crippen LogP contribution is -2.42. The number of ether oxygens (including phenoxy) is 1. The van der Waals surface area contributed by atoms with Gasteiger partial charge in [-0.3, -0.25) is 14.7 Å². The van der Waals surface area contributed by atoms with Gasteiger partial charge in [0.1, 0.15) is 11.5 Å². The maximum atomic E-state index is 14.1. The lowest BCUT2D eigenvalue weighted by atomic mass is 9.73. The topological polar surface area (TPSA) is 54.5 Å². The van der Waals surface area contributed by atoms with Crippen LogP contribution in [0.1, 0.15) is 28.9 Å². The standard InChI is InChI=1S/C22H24FN3O2/c23-18-6-2-1-5-15(18)12-26-13-17-16(20-8-9-22(17,14-26)28-20)11-25-21(27)19-7-3-4-10-24-19/h1-7,10,16-17,20H,8-9,11-14H2,(H,25,27)/t16-,17+,20+,22+/m0/s1. The summed E-state index contributed by atoms with van der Waals surface area (Å²) < 4.78 is 20.5. The third-order valence-electron chi connectivity index (χ3n) is 6.60. The van der Waals surface area contributed by atoms with Crippen LogP contribution in [0, 0.1) is 17.7 Å². The van der Waals surface area contributed by atoms with Gasteiger partial charge < -0.3 is 10.1 Å². The Morgan fingerprint density at radius 1 is 1.29 bits per heavy atom. The van der Waals surface area contributed by atoms with E-state index in [0.29, 0.717) is 30.6 Å². The fraction of sp³-hybridized carbons (Fsp3) is 0.455. The Kier molecular flexibility index (Phi) is 4.40. The number of benzene rings is 1. The molecule has 146 valence electrons. The first-order valence-corrected chi connectivity index (χ1v) is 9.97. The Morgan fingerprint density at radius 3 is 2.96 bits per heavy atom. The second-order valence-electron chi connectivity index (χ2n) is 8.22. The van der Waals surface area contributed by atoms with Crippen LogP contribution in [0.4, 0.5) is 4.39 Å². The molecule has 1 aromatic heterocycles. The van der Waals surface area contributed by atoms with Gasteiger partial charge in [0.15, 0.2) is 0 Å². The maximum Gasteiger partial charge on any atom is 0.269 e. The molecule has 1 amide bonds. The molecule has 1 spiro atoms. The van der Waals surface area contributed by atoms with E-state index in [1.54, 1.807) is 24.4 Å². The summed E-state index contributed by atoms with van der Waals surface area (Å²) in [5.74, 6) is 0.383. The van der Waals surface area contributed by atoms with E-state index in [0.717, 1.165) is 31.5 Å². The second kappa shape index (κ2) is 6.94. The van der Waals surface area contributed by atoms with Crippen LogP contribution in [0.2, 0.25) is 0 Å². The van der Waals surface area contributed by atoms with Gasteiger partial charge in [0.2, 0.25) is 0 Å². The lowest BCUT2D eigenvalue weighted by molar-refractivity contribution is 0.00204. The van der Waals surface area contributed by atoms with Crippen LogP contribution >= 0.6 is 0 Å². The van der Waals surface area contributed by atoms with Gasteiger partial charge in [0.05, 0.1) is 11.7 Å². The van der Waals surface area contributed by atoms with Crippen molar-refractivity contribution in [1.82, 2.24) is 15.2 Å². The first-order chi connectivity index (χ1) is 13.6. The van der Waals surface area contributed by atoms with Crippen molar-refractivity contribution >= 4 is 5.91 Å². The Hall–Kier alpha value is -2.31. The quantitative estimate of drug-likeness (QED) is 0.865. The molecule has 6 heteroatoms.